The minimum atomic E-state index is -0.486. The summed E-state index contributed by atoms with van der Waals surface area (Å²) >= 11 is 0. The molecule has 0 aliphatic carbocycles. The highest BCUT2D eigenvalue weighted by molar-refractivity contribution is 5.63. The van der Waals surface area contributed by atoms with Crippen molar-refractivity contribution in [1.82, 2.24) is 0 Å². The molecule has 2 aromatic rings. The number of nitriles is 2. The molecule has 22 heavy (non-hydrogen) atoms. The minimum absolute atomic E-state index is 0.00696. The van der Waals surface area contributed by atoms with Crippen LogP contribution in [0.2, 0.25) is 0 Å². The first-order valence-corrected chi connectivity index (χ1v) is 6.16. The Hall–Kier alpha value is -3.64. The molecule has 0 saturated heterocycles. The van der Waals surface area contributed by atoms with E-state index in [1.54, 1.807) is 36.4 Å². The van der Waals surface area contributed by atoms with Crippen LogP contribution in [-0.4, -0.2) is 4.92 Å². The zero-order valence-corrected chi connectivity index (χ0v) is 11.3. The first-order chi connectivity index (χ1) is 10.6. The van der Waals surface area contributed by atoms with Gasteiger partial charge >= 0.3 is 0 Å². The van der Waals surface area contributed by atoms with Crippen LogP contribution in [0.4, 0.5) is 5.69 Å². The van der Waals surface area contributed by atoms with Gasteiger partial charge in [-0.05, 0) is 35.9 Å². The van der Waals surface area contributed by atoms with Gasteiger partial charge in [0.2, 0.25) is 0 Å². The Kier molecular flexibility index (Phi) is 4.49. The van der Waals surface area contributed by atoms with Crippen LogP contribution in [-0.2, 0) is 0 Å². The van der Waals surface area contributed by atoms with E-state index in [2.05, 4.69) is 0 Å². The van der Waals surface area contributed by atoms with E-state index in [0.29, 0.717) is 17.1 Å². The number of rotatable bonds is 4. The summed E-state index contributed by atoms with van der Waals surface area (Å²) in [5.74, 6) is 0.949. The highest BCUT2D eigenvalue weighted by atomic mass is 16.6. The first-order valence-electron chi connectivity index (χ1n) is 6.16. The van der Waals surface area contributed by atoms with Gasteiger partial charge in [0.15, 0.2) is 0 Å². The number of nitro groups is 1. The van der Waals surface area contributed by atoms with Crippen LogP contribution >= 0.6 is 0 Å². The van der Waals surface area contributed by atoms with E-state index in [0.717, 1.165) is 0 Å². The Morgan fingerprint density at radius 3 is 2.36 bits per heavy atom. The van der Waals surface area contributed by atoms with Crippen molar-refractivity contribution in [3.05, 3.63) is 69.8 Å². The summed E-state index contributed by atoms with van der Waals surface area (Å²) < 4.78 is 5.58. The highest BCUT2D eigenvalue weighted by Gasteiger charge is 2.05. The average Bonchev–Trinajstić information content (AvgIpc) is 2.53. The van der Waals surface area contributed by atoms with Crippen molar-refractivity contribution in [1.29, 1.82) is 10.5 Å². The Balaban J connectivity index is 2.21. The largest absolute Gasteiger partial charge is 0.457 e. The lowest BCUT2D eigenvalue weighted by atomic mass is 10.1. The number of allylic oxidation sites excluding steroid dienone is 1. The van der Waals surface area contributed by atoms with Gasteiger partial charge in [-0.25, -0.2) is 0 Å². The molecule has 0 aromatic heterocycles. The molecule has 0 fully saturated rings. The molecule has 0 aliphatic rings. The molecule has 106 valence electrons. The summed E-state index contributed by atoms with van der Waals surface area (Å²) in [6.07, 6.45) is 1.45. The normalized spacial score (nSPS) is 9.18. The van der Waals surface area contributed by atoms with Crippen LogP contribution in [0.1, 0.15) is 5.56 Å². The summed E-state index contributed by atoms with van der Waals surface area (Å²) in [4.78, 5) is 10.1. The maximum atomic E-state index is 10.6. The van der Waals surface area contributed by atoms with E-state index in [-0.39, 0.29) is 11.3 Å². The summed E-state index contributed by atoms with van der Waals surface area (Å²) in [5.41, 5.74) is 0.627. The average molecular weight is 291 g/mol. The first kappa shape index (κ1) is 14.8. The molecule has 2 rings (SSSR count). The van der Waals surface area contributed by atoms with Crippen LogP contribution in [0.3, 0.4) is 0 Å². The lowest BCUT2D eigenvalue weighted by molar-refractivity contribution is -0.384. The second kappa shape index (κ2) is 6.69. The number of non-ortho nitro benzene ring substituents is 1. The molecule has 0 radical (unpaired) electrons. The Morgan fingerprint density at radius 1 is 1.09 bits per heavy atom. The SMILES string of the molecule is N#CC(C#N)=Cc1cccc(Oc2ccc([N+](=O)[O-])cc2)c1. The maximum absolute atomic E-state index is 10.6. The summed E-state index contributed by atoms with van der Waals surface area (Å²) in [6.45, 7) is 0. The highest BCUT2D eigenvalue weighted by Crippen LogP contribution is 2.25. The van der Waals surface area contributed by atoms with Crippen molar-refractivity contribution in [3.8, 4) is 23.6 Å². The van der Waals surface area contributed by atoms with Crippen LogP contribution in [0, 0.1) is 32.8 Å². The fraction of sp³-hybridized carbons (Fsp3) is 0. The molecule has 0 atom stereocenters. The van der Waals surface area contributed by atoms with E-state index in [9.17, 15) is 10.1 Å². The van der Waals surface area contributed by atoms with E-state index in [1.807, 2.05) is 0 Å². The molecule has 6 heteroatoms. The predicted molar refractivity (Wildman–Crippen MR) is 78.8 cm³/mol. The van der Waals surface area contributed by atoms with Gasteiger partial charge in [-0.15, -0.1) is 0 Å². The summed E-state index contributed by atoms with van der Waals surface area (Å²) in [6, 6.07) is 16.1. The van der Waals surface area contributed by atoms with Crippen LogP contribution in [0.15, 0.2) is 54.1 Å². The zero-order valence-electron chi connectivity index (χ0n) is 11.3. The standard InChI is InChI=1S/C16H9N3O3/c17-10-13(11-18)8-12-2-1-3-16(9-12)22-15-6-4-14(5-7-15)19(20)21/h1-9H. The molecule has 0 saturated carbocycles. The second-order valence-electron chi connectivity index (χ2n) is 4.21. The lowest BCUT2D eigenvalue weighted by Crippen LogP contribution is -1.88. The molecule has 0 heterocycles. The van der Waals surface area contributed by atoms with Crippen molar-refractivity contribution in [2.75, 3.05) is 0 Å². The van der Waals surface area contributed by atoms with E-state index in [4.69, 9.17) is 15.3 Å². The third-order valence-corrected chi connectivity index (χ3v) is 2.69. The van der Waals surface area contributed by atoms with Gasteiger partial charge in [-0.3, -0.25) is 10.1 Å². The van der Waals surface area contributed by atoms with Crippen molar-refractivity contribution < 1.29 is 9.66 Å². The molecule has 0 spiro atoms. The zero-order chi connectivity index (χ0) is 15.9. The predicted octanol–water partition coefficient (Wildman–Crippen LogP) is 3.82. The monoisotopic (exact) mass is 291 g/mol. The van der Waals surface area contributed by atoms with Gasteiger partial charge in [0.25, 0.3) is 5.69 Å². The number of nitrogens with zero attached hydrogens (tertiary/aromatic N) is 3. The van der Waals surface area contributed by atoms with Gasteiger partial charge in [0, 0.05) is 12.1 Å². The number of ether oxygens (including phenoxy) is 1. The van der Waals surface area contributed by atoms with E-state index < -0.39 is 4.92 Å². The smallest absolute Gasteiger partial charge is 0.269 e. The summed E-state index contributed by atoms with van der Waals surface area (Å²) in [5, 5.41) is 28.1. The fourth-order valence-corrected chi connectivity index (χ4v) is 1.70. The van der Waals surface area contributed by atoms with Gasteiger partial charge in [-0.2, -0.15) is 10.5 Å². The number of nitro benzene ring substituents is 1. The van der Waals surface area contributed by atoms with Crippen LogP contribution in [0.5, 0.6) is 11.5 Å². The number of hydrogen-bond acceptors (Lipinski definition) is 5. The van der Waals surface area contributed by atoms with Gasteiger partial charge in [0.05, 0.1) is 4.92 Å². The lowest BCUT2D eigenvalue weighted by Gasteiger charge is -2.06. The van der Waals surface area contributed by atoms with Crippen LogP contribution < -0.4 is 4.74 Å². The van der Waals surface area contributed by atoms with E-state index >= 15 is 0 Å². The van der Waals surface area contributed by atoms with Gasteiger partial charge < -0.3 is 4.74 Å². The molecule has 0 amide bonds. The van der Waals surface area contributed by atoms with Crippen molar-refractivity contribution in [3.63, 3.8) is 0 Å². The maximum Gasteiger partial charge on any atom is 0.269 e. The Labute approximate surface area is 126 Å². The molecule has 2 aromatic carbocycles. The van der Waals surface area contributed by atoms with Gasteiger partial charge in [-0.1, -0.05) is 12.1 Å². The van der Waals surface area contributed by atoms with Crippen molar-refractivity contribution in [2.24, 2.45) is 0 Å². The summed E-state index contributed by atoms with van der Waals surface area (Å²) in [7, 11) is 0. The van der Waals surface area contributed by atoms with Crippen LogP contribution in [0.25, 0.3) is 6.08 Å². The molecule has 0 unspecified atom stereocenters. The molecule has 0 N–H and O–H groups in total. The molecule has 6 nitrogen and oxygen atoms in total. The third kappa shape index (κ3) is 3.69. The van der Waals surface area contributed by atoms with Crippen molar-refractivity contribution in [2.45, 2.75) is 0 Å². The third-order valence-electron chi connectivity index (χ3n) is 2.69. The number of hydrogen-bond donors (Lipinski definition) is 0. The molecular weight excluding hydrogens is 282 g/mol. The second-order valence-corrected chi connectivity index (χ2v) is 4.21. The number of benzene rings is 2. The minimum Gasteiger partial charge on any atom is -0.457 e. The van der Waals surface area contributed by atoms with E-state index in [1.165, 1.54) is 30.3 Å². The quantitative estimate of drug-likeness (QED) is 0.484. The Morgan fingerprint density at radius 2 is 1.77 bits per heavy atom. The molecule has 0 bridgehead atoms. The van der Waals surface area contributed by atoms with Crippen molar-refractivity contribution >= 4 is 11.8 Å². The molecule has 0 aliphatic heterocycles. The fourth-order valence-electron chi connectivity index (χ4n) is 1.70. The molecular formula is C16H9N3O3. The van der Waals surface area contributed by atoms with Gasteiger partial charge in [0.1, 0.15) is 29.2 Å². The topological polar surface area (TPSA) is 100.0 Å². The Bertz CT molecular complexity index is 796.